The summed E-state index contributed by atoms with van der Waals surface area (Å²) in [7, 11) is 0. The van der Waals surface area contributed by atoms with Gasteiger partial charge in [-0.3, -0.25) is 9.59 Å². The maximum absolute atomic E-state index is 12.0. The van der Waals surface area contributed by atoms with Gasteiger partial charge in [-0.05, 0) is 17.2 Å². The van der Waals surface area contributed by atoms with Crippen molar-refractivity contribution >= 4 is 11.9 Å². The van der Waals surface area contributed by atoms with Crippen LogP contribution in [0.15, 0.2) is 54.6 Å². The third kappa shape index (κ3) is 3.19. The standard InChI is InChI=1S/C15H13NO3/c17-14(18)10-16-15(19)13-9-5-4-8-12(13)11-6-2-1-3-7-11/h1-9H,10H2,(H,16,19)(H,17,18). The van der Waals surface area contributed by atoms with Gasteiger partial charge in [0.25, 0.3) is 5.91 Å². The van der Waals surface area contributed by atoms with E-state index in [0.29, 0.717) is 5.56 Å². The second-order valence-electron chi connectivity index (χ2n) is 3.99. The predicted molar refractivity (Wildman–Crippen MR) is 71.8 cm³/mol. The van der Waals surface area contributed by atoms with E-state index in [0.717, 1.165) is 11.1 Å². The maximum Gasteiger partial charge on any atom is 0.322 e. The molecule has 0 unspecified atom stereocenters. The minimum Gasteiger partial charge on any atom is -0.480 e. The monoisotopic (exact) mass is 255 g/mol. The van der Waals surface area contributed by atoms with Gasteiger partial charge in [-0.1, -0.05) is 48.5 Å². The summed E-state index contributed by atoms with van der Waals surface area (Å²) in [6.07, 6.45) is 0. The summed E-state index contributed by atoms with van der Waals surface area (Å²) in [4.78, 5) is 22.4. The SMILES string of the molecule is O=C(O)CNC(=O)c1ccccc1-c1ccccc1. The van der Waals surface area contributed by atoms with Crippen molar-refractivity contribution < 1.29 is 14.7 Å². The van der Waals surface area contributed by atoms with E-state index in [9.17, 15) is 9.59 Å². The molecule has 19 heavy (non-hydrogen) atoms. The van der Waals surface area contributed by atoms with Gasteiger partial charge in [-0.15, -0.1) is 0 Å². The molecule has 96 valence electrons. The summed E-state index contributed by atoms with van der Waals surface area (Å²) < 4.78 is 0. The van der Waals surface area contributed by atoms with Crippen molar-refractivity contribution in [3.63, 3.8) is 0 Å². The molecule has 0 aliphatic rings. The zero-order chi connectivity index (χ0) is 13.7. The maximum atomic E-state index is 12.0. The minimum absolute atomic E-state index is 0.387. The molecule has 4 nitrogen and oxygen atoms in total. The minimum atomic E-state index is -1.06. The highest BCUT2D eigenvalue weighted by molar-refractivity contribution is 6.01. The zero-order valence-corrected chi connectivity index (χ0v) is 10.2. The Kier molecular flexibility index (Phi) is 3.93. The Bertz CT molecular complexity index is 593. The van der Waals surface area contributed by atoms with E-state index in [1.54, 1.807) is 12.1 Å². The van der Waals surface area contributed by atoms with E-state index in [4.69, 9.17) is 5.11 Å². The number of nitrogens with one attached hydrogen (secondary N) is 1. The second kappa shape index (κ2) is 5.82. The number of amides is 1. The second-order valence-corrected chi connectivity index (χ2v) is 3.99. The lowest BCUT2D eigenvalue weighted by Gasteiger charge is -2.09. The molecule has 2 N–H and O–H groups in total. The molecule has 0 spiro atoms. The molecular formula is C15H13NO3. The molecule has 0 aromatic heterocycles. The van der Waals surface area contributed by atoms with Crippen LogP contribution in [0, 0.1) is 0 Å². The molecule has 0 saturated heterocycles. The largest absolute Gasteiger partial charge is 0.480 e. The van der Waals surface area contributed by atoms with E-state index in [1.165, 1.54) is 0 Å². The molecule has 0 fully saturated rings. The predicted octanol–water partition coefficient (Wildman–Crippen LogP) is 2.17. The topological polar surface area (TPSA) is 66.4 Å². The first kappa shape index (κ1) is 12.8. The van der Waals surface area contributed by atoms with Gasteiger partial charge in [-0.2, -0.15) is 0 Å². The fourth-order valence-corrected chi connectivity index (χ4v) is 1.80. The first-order valence-corrected chi connectivity index (χ1v) is 5.83. The fourth-order valence-electron chi connectivity index (χ4n) is 1.80. The van der Waals surface area contributed by atoms with E-state index in [1.807, 2.05) is 42.5 Å². The Hall–Kier alpha value is -2.62. The molecule has 0 aliphatic carbocycles. The summed E-state index contributed by atoms with van der Waals surface area (Å²) >= 11 is 0. The molecule has 0 radical (unpaired) electrons. The van der Waals surface area contributed by atoms with E-state index in [-0.39, 0.29) is 12.5 Å². The van der Waals surface area contributed by atoms with E-state index >= 15 is 0 Å². The third-order valence-electron chi connectivity index (χ3n) is 2.66. The number of hydrogen-bond donors (Lipinski definition) is 2. The molecule has 0 aliphatic heterocycles. The smallest absolute Gasteiger partial charge is 0.322 e. The first-order chi connectivity index (χ1) is 9.18. The van der Waals surface area contributed by atoms with Crippen LogP contribution < -0.4 is 5.32 Å². The Morgan fingerprint density at radius 2 is 1.58 bits per heavy atom. The lowest BCUT2D eigenvalue weighted by molar-refractivity contribution is -0.135. The summed E-state index contributed by atoms with van der Waals surface area (Å²) in [5, 5.41) is 11.0. The van der Waals surface area contributed by atoms with Crippen molar-refractivity contribution in [1.82, 2.24) is 5.32 Å². The quantitative estimate of drug-likeness (QED) is 0.879. The van der Waals surface area contributed by atoms with Crippen LogP contribution in [0.25, 0.3) is 11.1 Å². The summed E-state index contributed by atoms with van der Waals surface area (Å²) in [6, 6.07) is 16.6. The zero-order valence-electron chi connectivity index (χ0n) is 10.2. The number of hydrogen-bond acceptors (Lipinski definition) is 2. The van der Waals surface area contributed by atoms with Crippen LogP contribution in [0.2, 0.25) is 0 Å². The van der Waals surface area contributed by atoms with Gasteiger partial charge in [0.2, 0.25) is 0 Å². The number of carbonyl (C=O) groups is 2. The highest BCUT2D eigenvalue weighted by Crippen LogP contribution is 2.23. The number of carboxylic acid groups (broad SMARTS) is 1. The molecule has 4 heteroatoms. The van der Waals surface area contributed by atoms with Crippen molar-refractivity contribution in [2.24, 2.45) is 0 Å². The summed E-state index contributed by atoms with van der Waals surface area (Å²) in [5.41, 5.74) is 2.17. The number of benzene rings is 2. The summed E-state index contributed by atoms with van der Waals surface area (Å²) in [5.74, 6) is -1.45. The van der Waals surface area contributed by atoms with Gasteiger partial charge in [0.1, 0.15) is 6.54 Å². The fraction of sp³-hybridized carbons (Fsp3) is 0.0667. The van der Waals surface area contributed by atoms with Crippen molar-refractivity contribution in [3.05, 3.63) is 60.2 Å². The van der Waals surface area contributed by atoms with Crippen LogP contribution in [0.3, 0.4) is 0 Å². The van der Waals surface area contributed by atoms with E-state index < -0.39 is 5.97 Å². The van der Waals surface area contributed by atoms with Gasteiger partial charge in [-0.25, -0.2) is 0 Å². The molecule has 1 amide bonds. The number of carboxylic acids is 1. The average Bonchev–Trinajstić information content (AvgIpc) is 2.45. The van der Waals surface area contributed by atoms with E-state index in [2.05, 4.69) is 5.32 Å². The molecule has 0 saturated carbocycles. The normalized spacial score (nSPS) is 9.89. The number of aliphatic carboxylic acids is 1. The van der Waals surface area contributed by atoms with Gasteiger partial charge in [0.05, 0.1) is 0 Å². The molecule has 2 aromatic rings. The lowest BCUT2D eigenvalue weighted by atomic mass is 9.99. The number of rotatable bonds is 4. The van der Waals surface area contributed by atoms with Crippen LogP contribution in [0.1, 0.15) is 10.4 Å². The molecule has 2 aromatic carbocycles. The van der Waals surface area contributed by atoms with Crippen LogP contribution in [0.5, 0.6) is 0 Å². The van der Waals surface area contributed by atoms with Crippen LogP contribution in [-0.4, -0.2) is 23.5 Å². The Morgan fingerprint density at radius 3 is 2.26 bits per heavy atom. The Morgan fingerprint density at radius 1 is 0.947 bits per heavy atom. The Labute approximate surface area is 110 Å². The molecule has 0 bridgehead atoms. The summed E-state index contributed by atoms with van der Waals surface area (Å²) in [6.45, 7) is -0.387. The highest BCUT2D eigenvalue weighted by Gasteiger charge is 2.12. The molecular weight excluding hydrogens is 242 g/mol. The molecule has 0 heterocycles. The molecule has 0 atom stereocenters. The third-order valence-corrected chi connectivity index (χ3v) is 2.66. The van der Waals surface area contributed by atoms with Gasteiger partial charge < -0.3 is 10.4 Å². The van der Waals surface area contributed by atoms with Crippen molar-refractivity contribution in [1.29, 1.82) is 0 Å². The number of carbonyl (C=O) groups excluding carboxylic acids is 1. The van der Waals surface area contributed by atoms with Gasteiger partial charge in [0.15, 0.2) is 0 Å². The molecule has 2 rings (SSSR count). The highest BCUT2D eigenvalue weighted by atomic mass is 16.4. The van der Waals surface area contributed by atoms with Crippen molar-refractivity contribution in [2.45, 2.75) is 0 Å². The van der Waals surface area contributed by atoms with Crippen LogP contribution >= 0.6 is 0 Å². The lowest BCUT2D eigenvalue weighted by Crippen LogP contribution is -2.29. The van der Waals surface area contributed by atoms with Crippen LogP contribution in [0.4, 0.5) is 0 Å². The first-order valence-electron chi connectivity index (χ1n) is 5.83. The van der Waals surface area contributed by atoms with Crippen LogP contribution in [-0.2, 0) is 4.79 Å². The Balaban J connectivity index is 2.31. The van der Waals surface area contributed by atoms with Crippen molar-refractivity contribution in [2.75, 3.05) is 6.54 Å². The van der Waals surface area contributed by atoms with Crippen molar-refractivity contribution in [3.8, 4) is 11.1 Å². The van der Waals surface area contributed by atoms with Gasteiger partial charge >= 0.3 is 5.97 Å². The average molecular weight is 255 g/mol. The van der Waals surface area contributed by atoms with Gasteiger partial charge in [0, 0.05) is 5.56 Å².